The minimum atomic E-state index is -3.75. The molecule has 2 fully saturated rings. The molecule has 1 N–H and O–H groups in total. The number of piperazine rings is 1. The van der Waals surface area contributed by atoms with Crippen LogP contribution < -0.4 is 4.90 Å². The molecule has 1 atom stereocenters. The average molecular weight is 354 g/mol. The molecule has 132 valence electrons. The molecule has 0 aromatic carbocycles. The van der Waals surface area contributed by atoms with Crippen LogP contribution in [-0.2, 0) is 15.0 Å². The molecular formula is C15H22N4O4S. The fourth-order valence-electron chi connectivity index (χ4n) is 3.27. The van der Waals surface area contributed by atoms with E-state index in [0.29, 0.717) is 39.0 Å². The maximum Gasteiger partial charge on any atom is 0.322 e. The maximum atomic E-state index is 12.9. The minimum Gasteiger partial charge on any atom is -0.480 e. The number of anilines is 1. The normalized spacial score (nSPS) is 24.0. The van der Waals surface area contributed by atoms with Crippen molar-refractivity contribution in [3.8, 4) is 0 Å². The molecule has 1 aromatic rings. The van der Waals surface area contributed by atoms with Gasteiger partial charge < -0.3 is 10.0 Å². The molecule has 0 aliphatic carbocycles. The number of piperidine rings is 1. The second-order valence-corrected chi connectivity index (χ2v) is 7.92. The number of hydrogen-bond donors (Lipinski definition) is 1. The zero-order valence-corrected chi connectivity index (χ0v) is 14.2. The van der Waals surface area contributed by atoms with E-state index in [4.69, 9.17) is 0 Å². The number of carboxylic acid groups (broad SMARTS) is 1. The highest BCUT2D eigenvalue weighted by atomic mass is 32.2. The van der Waals surface area contributed by atoms with Crippen LogP contribution in [0.3, 0.4) is 0 Å². The van der Waals surface area contributed by atoms with Gasteiger partial charge in [0.25, 0.3) is 10.2 Å². The zero-order chi connectivity index (χ0) is 17.2. The summed E-state index contributed by atoms with van der Waals surface area (Å²) in [6.45, 7) is 2.03. The van der Waals surface area contributed by atoms with Crippen molar-refractivity contribution in [1.82, 2.24) is 13.6 Å². The first kappa shape index (κ1) is 17.1. The van der Waals surface area contributed by atoms with Gasteiger partial charge in [-0.25, -0.2) is 4.98 Å². The van der Waals surface area contributed by atoms with Crippen molar-refractivity contribution >= 4 is 22.0 Å². The Balaban J connectivity index is 1.69. The first-order valence-corrected chi connectivity index (χ1v) is 9.55. The van der Waals surface area contributed by atoms with Gasteiger partial charge in [-0.2, -0.15) is 17.0 Å². The summed E-state index contributed by atoms with van der Waals surface area (Å²) < 4.78 is 28.3. The number of rotatable bonds is 4. The van der Waals surface area contributed by atoms with Gasteiger partial charge in [0.1, 0.15) is 11.9 Å². The number of carboxylic acids is 1. The molecule has 0 saturated carbocycles. The highest BCUT2D eigenvalue weighted by Crippen LogP contribution is 2.24. The Hall–Kier alpha value is -1.71. The fourth-order valence-corrected chi connectivity index (χ4v) is 5.06. The summed E-state index contributed by atoms with van der Waals surface area (Å²) >= 11 is 0. The van der Waals surface area contributed by atoms with E-state index in [2.05, 4.69) is 4.98 Å². The molecular weight excluding hydrogens is 332 g/mol. The monoisotopic (exact) mass is 354 g/mol. The van der Waals surface area contributed by atoms with E-state index in [-0.39, 0.29) is 6.54 Å². The Labute approximate surface area is 141 Å². The molecule has 0 bridgehead atoms. The Kier molecular flexibility index (Phi) is 5.02. The molecule has 8 nitrogen and oxygen atoms in total. The quantitative estimate of drug-likeness (QED) is 0.840. The van der Waals surface area contributed by atoms with Crippen LogP contribution in [0.2, 0.25) is 0 Å². The molecule has 24 heavy (non-hydrogen) atoms. The SMILES string of the molecule is O=C(O)C1CCCCN1S(=O)(=O)N1CCN(c2ccccn2)CC1. The van der Waals surface area contributed by atoms with Gasteiger partial charge in [0.15, 0.2) is 0 Å². The van der Waals surface area contributed by atoms with Gasteiger partial charge in [0.05, 0.1) is 0 Å². The summed E-state index contributed by atoms with van der Waals surface area (Å²) in [6, 6.07) is 4.69. The topological polar surface area (TPSA) is 94.0 Å². The molecule has 2 aliphatic heterocycles. The number of aromatic nitrogens is 1. The number of pyridine rings is 1. The highest BCUT2D eigenvalue weighted by Gasteiger charge is 2.40. The Morgan fingerprint density at radius 2 is 1.88 bits per heavy atom. The summed E-state index contributed by atoms with van der Waals surface area (Å²) in [7, 11) is -3.75. The summed E-state index contributed by atoms with van der Waals surface area (Å²) in [5.74, 6) is -0.235. The average Bonchev–Trinajstić information content (AvgIpc) is 2.62. The highest BCUT2D eigenvalue weighted by molar-refractivity contribution is 7.86. The molecule has 1 aromatic heterocycles. The lowest BCUT2D eigenvalue weighted by Gasteiger charge is -2.39. The zero-order valence-electron chi connectivity index (χ0n) is 13.4. The maximum absolute atomic E-state index is 12.9. The van der Waals surface area contributed by atoms with Gasteiger partial charge >= 0.3 is 5.97 Å². The lowest BCUT2D eigenvalue weighted by molar-refractivity contribution is -0.142. The van der Waals surface area contributed by atoms with Crippen molar-refractivity contribution < 1.29 is 18.3 Å². The molecule has 9 heteroatoms. The molecule has 3 heterocycles. The molecule has 0 spiro atoms. The van der Waals surface area contributed by atoms with E-state index in [1.807, 2.05) is 23.1 Å². The van der Waals surface area contributed by atoms with Gasteiger partial charge in [0, 0.05) is 38.9 Å². The van der Waals surface area contributed by atoms with Gasteiger partial charge in [0.2, 0.25) is 0 Å². The van der Waals surface area contributed by atoms with Crippen LogP contribution in [-0.4, -0.2) is 71.9 Å². The predicted molar refractivity (Wildman–Crippen MR) is 88.9 cm³/mol. The molecule has 0 radical (unpaired) electrons. The third-order valence-electron chi connectivity index (χ3n) is 4.57. The fraction of sp³-hybridized carbons (Fsp3) is 0.600. The van der Waals surface area contributed by atoms with Crippen LogP contribution in [0.4, 0.5) is 5.82 Å². The summed E-state index contributed by atoms with van der Waals surface area (Å²) in [5, 5.41) is 9.32. The van der Waals surface area contributed by atoms with Crippen molar-refractivity contribution in [2.75, 3.05) is 37.6 Å². The Bertz CT molecular complexity index is 674. The van der Waals surface area contributed by atoms with E-state index in [1.165, 1.54) is 4.31 Å². The van der Waals surface area contributed by atoms with E-state index < -0.39 is 22.2 Å². The van der Waals surface area contributed by atoms with Crippen LogP contribution in [0.15, 0.2) is 24.4 Å². The van der Waals surface area contributed by atoms with Crippen LogP contribution in [0.1, 0.15) is 19.3 Å². The Morgan fingerprint density at radius 1 is 1.12 bits per heavy atom. The number of aliphatic carboxylic acids is 1. The summed E-state index contributed by atoms with van der Waals surface area (Å²) in [6.07, 6.45) is 3.54. The van der Waals surface area contributed by atoms with Gasteiger partial charge in [-0.3, -0.25) is 4.79 Å². The second kappa shape index (κ2) is 7.04. The van der Waals surface area contributed by atoms with E-state index in [1.54, 1.807) is 6.20 Å². The second-order valence-electron chi connectivity index (χ2n) is 6.04. The lowest BCUT2D eigenvalue weighted by Crippen LogP contribution is -2.57. The van der Waals surface area contributed by atoms with Gasteiger partial charge in [-0.1, -0.05) is 6.07 Å². The van der Waals surface area contributed by atoms with E-state index in [9.17, 15) is 18.3 Å². The molecule has 1 unspecified atom stereocenters. The van der Waals surface area contributed by atoms with Crippen LogP contribution in [0.5, 0.6) is 0 Å². The molecule has 3 rings (SSSR count). The minimum absolute atomic E-state index is 0.278. The smallest absolute Gasteiger partial charge is 0.322 e. The standard InChI is InChI=1S/C15H22N4O4S/c20-15(21)13-5-2-4-8-19(13)24(22,23)18-11-9-17(10-12-18)14-6-1-3-7-16-14/h1,3,6-7,13H,2,4-5,8-12H2,(H,20,21). The van der Waals surface area contributed by atoms with Crippen molar-refractivity contribution in [3.05, 3.63) is 24.4 Å². The number of hydrogen-bond acceptors (Lipinski definition) is 5. The Morgan fingerprint density at radius 3 is 2.50 bits per heavy atom. The first-order chi connectivity index (χ1) is 11.5. The van der Waals surface area contributed by atoms with Gasteiger partial charge in [-0.05, 0) is 31.4 Å². The molecule has 0 amide bonds. The van der Waals surface area contributed by atoms with Crippen molar-refractivity contribution in [3.63, 3.8) is 0 Å². The van der Waals surface area contributed by atoms with Crippen LogP contribution in [0.25, 0.3) is 0 Å². The molecule has 2 saturated heterocycles. The third kappa shape index (κ3) is 3.38. The predicted octanol–water partition coefficient (Wildman–Crippen LogP) is 0.387. The van der Waals surface area contributed by atoms with Crippen LogP contribution in [0, 0.1) is 0 Å². The van der Waals surface area contributed by atoms with Crippen molar-refractivity contribution in [2.24, 2.45) is 0 Å². The van der Waals surface area contributed by atoms with E-state index in [0.717, 1.165) is 16.5 Å². The summed E-state index contributed by atoms with van der Waals surface area (Å²) in [5.41, 5.74) is 0. The lowest BCUT2D eigenvalue weighted by atomic mass is 10.1. The van der Waals surface area contributed by atoms with Crippen molar-refractivity contribution in [2.45, 2.75) is 25.3 Å². The number of nitrogens with zero attached hydrogens (tertiary/aromatic N) is 4. The van der Waals surface area contributed by atoms with Gasteiger partial charge in [-0.15, -0.1) is 0 Å². The third-order valence-corrected chi connectivity index (χ3v) is 6.62. The van der Waals surface area contributed by atoms with Crippen molar-refractivity contribution in [1.29, 1.82) is 0 Å². The van der Waals surface area contributed by atoms with Crippen LogP contribution >= 0.6 is 0 Å². The molecule has 2 aliphatic rings. The number of carbonyl (C=O) groups is 1. The first-order valence-electron chi connectivity index (χ1n) is 8.16. The largest absolute Gasteiger partial charge is 0.480 e. The summed E-state index contributed by atoms with van der Waals surface area (Å²) in [4.78, 5) is 17.7. The van der Waals surface area contributed by atoms with E-state index >= 15 is 0 Å².